The molecule has 3 N–H and O–H groups in total. The van der Waals surface area contributed by atoms with E-state index in [0.717, 1.165) is 27.9 Å². The van der Waals surface area contributed by atoms with Gasteiger partial charge in [-0.3, -0.25) is 14.4 Å². The Labute approximate surface area is 155 Å². The first kappa shape index (κ1) is 17.1. The average Bonchev–Trinajstić information content (AvgIpc) is 3.35. The molecule has 138 valence electrons. The molecule has 2 aromatic rings. The first-order chi connectivity index (χ1) is 12.6. The molecule has 2 aliphatic rings. The fourth-order valence-corrected chi connectivity index (χ4v) is 4.62. The SMILES string of the molecule is O=C1CC(C(=O)NCC2CCN(C(=O)c3cc4[nH]ccc4s3)CC2)CN1. The topological polar surface area (TPSA) is 94.3 Å². The van der Waals surface area contributed by atoms with Gasteiger partial charge in [-0.05, 0) is 30.9 Å². The quantitative estimate of drug-likeness (QED) is 0.754. The maximum Gasteiger partial charge on any atom is 0.264 e. The van der Waals surface area contributed by atoms with Crippen molar-refractivity contribution in [2.45, 2.75) is 19.3 Å². The molecule has 0 saturated carbocycles. The summed E-state index contributed by atoms with van der Waals surface area (Å²) in [6, 6.07) is 3.91. The molecule has 0 aliphatic carbocycles. The molecule has 8 heteroatoms. The van der Waals surface area contributed by atoms with Gasteiger partial charge in [0.1, 0.15) is 0 Å². The highest BCUT2D eigenvalue weighted by Crippen LogP contribution is 2.27. The molecule has 4 heterocycles. The molecule has 2 aliphatic heterocycles. The Bertz CT molecular complexity index is 806. The number of H-pyrrole nitrogens is 1. The molecular weight excluding hydrogens is 352 g/mol. The Morgan fingerprint density at radius 1 is 1.31 bits per heavy atom. The average molecular weight is 374 g/mol. The van der Waals surface area contributed by atoms with Gasteiger partial charge in [-0.1, -0.05) is 0 Å². The summed E-state index contributed by atoms with van der Waals surface area (Å²) in [5.74, 6) is 0.133. The predicted octanol–water partition coefficient (Wildman–Crippen LogP) is 1.33. The lowest BCUT2D eigenvalue weighted by Crippen LogP contribution is -2.42. The number of hydrogen-bond acceptors (Lipinski definition) is 4. The highest BCUT2D eigenvalue weighted by atomic mass is 32.1. The number of carbonyl (C=O) groups is 3. The molecule has 2 saturated heterocycles. The number of nitrogens with one attached hydrogen (secondary N) is 3. The fraction of sp³-hybridized carbons (Fsp3) is 0.500. The Kier molecular flexibility index (Phi) is 4.67. The van der Waals surface area contributed by atoms with Crippen molar-refractivity contribution < 1.29 is 14.4 Å². The molecule has 1 unspecified atom stereocenters. The summed E-state index contributed by atoms with van der Waals surface area (Å²) >= 11 is 1.52. The lowest BCUT2D eigenvalue weighted by molar-refractivity contribution is -0.126. The first-order valence-electron chi connectivity index (χ1n) is 9.01. The van der Waals surface area contributed by atoms with E-state index in [1.54, 1.807) is 0 Å². The van der Waals surface area contributed by atoms with Gasteiger partial charge in [0.15, 0.2) is 0 Å². The minimum atomic E-state index is -0.243. The number of piperidine rings is 1. The van der Waals surface area contributed by atoms with Crippen LogP contribution in [-0.2, 0) is 9.59 Å². The van der Waals surface area contributed by atoms with Gasteiger partial charge in [0.25, 0.3) is 5.91 Å². The summed E-state index contributed by atoms with van der Waals surface area (Å²) in [7, 11) is 0. The van der Waals surface area contributed by atoms with E-state index in [0.29, 0.717) is 32.1 Å². The van der Waals surface area contributed by atoms with Crippen LogP contribution in [0.2, 0.25) is 0 Å². The summed E-state index contributed by atoms with van der Waals surface area (Å²) in [6.07, 6.45) is 3.94. The number of aromatic nitrogens is 1. The number of aromatic amines is 1. The Morgan fingerprint density at radius 2 is 2.12 bits per heavy atom. The van der Waals surface area contributed by atoms with Crippen molar-refractivity contribution >= 4 is 39.3 Å². The van der Waals surface area contributed by atoms with E-state index in [1.165, 1.54) is 11.3 Å². The third-order valence-corrected chi connectivity index (χ3v) is 6.35. The highest BCUT2D eigenvalue weighted by Gasteiger charge is 2.29. The van der Waals surface area contributed by atoms with Gasteiger partial charge in [-0.25, -0.2) is 0 Å². The monoisotopic (exact) mass is 374 g/mol. The number of amides is 3. The minimum absolute atomic E-state index is 0.0458. The summed E-state index contributed by atoms with van der Waals surface area (Å²) in [4.78, 5) is 41.7. The van der Waals surface area contributed by atoms with Crippen LogP contribution in [-0.4, -0.2) is 53.8 Å². The minimum Gasteiger partial charge on any atom is -0.360 e. The van der Waals surface area contributed by atoms with Crippen LogP contribution >= 0.6 is 11.3 Å². The fourth-order valence-electron chi connectivity index (χ4n) is 3.63. The van der Waals surface area contributed by atoms with Gasteiger partial charge in [0.2, 0.25) is 11.8 Å². The van der Waals surface area contributed by atoms with Gasteiger partial charge >= 0.3 is 0 Å². The van der Waals surface area contributed by atoms with Crippen LogP contribution in [0.3, 0.4) is 0 Å². The lowest BCUT2D eigenvalue weighted by Gasteiger charge is -2.32. The van der Waals surface area contributed by atoms with Gasteiger partial charge in [-0.2, -0.15) is 0 Å². The third kappa shape index (κ3) is 3.46. The normalized spacial score (nSPS) is 21.2. The Morgan fingerprint density at radius 3 is 2.81 bits per heavy atom. The first-order valence-corrected chi connectivity index (χ1v) is 9.82. The number of thiophene rings is 1. The number of likely N-dealkylation sites (tertiary alicyclic amines) is 1. The van der Waals surface area contributed by atoms with E-state index in [4.69, 9.17) is 0 Å². The second-order valence-electron chi connectivity index (χ2n) is 7.05. The van der Waals surface area contributed by atoms with Crippen LogP contribution in [0.15, 0.2) is 18.3 Å². The molecule has 4 rings (SSSR count). The van der Waals surface area contributed by atoms with Crippen molar-refractivity contribution in [3.8, 4) is 0 Å². The number of hydrogen-bond donors (Lipinski definition) is 3. The maximum atomic E-state index is 12.7. The van der Waals surface area contributed by atoms with Crippen molar-refractivity contribution in [1.82, 2.24) is 20.5 Å². The lowest BCUT2D eigenvalue weighted by atomic mass is 9.96. The van der Waals surface area contributed by atoms with E-state index >= 15 is 0 Å². The summed E-state index contributed by atoms with van der Waals surface area (Å²) in [6.45, 7) is 2.49. The highest BCUT2D eigenvalue weighted by molar-refractivity contribution is 7.20. The van der Waals surface area contributed by atoms with Crippen molar-refractivity contribution in [2.75, 3.05) is 26.2 Å². The standard InChI is InChI=1S/C18H22N4O3S/c23-16-7-12(10-20-16)17(24)21-9-11-2-5-22(6-3-11)18(25)15-8-13-14(26-15)1-4-19-13/h1,4,8,11-12,19H,2-3,5-7,9-10H2,(H,20,23)(H,21,24). The molecule has 0 radical (unpaired) electrons. The van der Waals surface area contributed by atoms with E-state index in [-0.39, 0.29) is 30.1 Å². The van der Waals surface area contributed by atoms with Crippen LogP contribution in [0.25, 0.3) is 10.2 Å². The molecule has 1 atom stereocenters. The van der Waals surface area contributed by atoms with Gasteiger partial charge in [0, 0.05) is 38.8 Å². The summed E-state index contributed by atoms with van der Waals surface area (Å²) in [5.41, 5.74) is 1.01. The molecule has 7 nitrogen and oxygen atoms in total. The molecule has 0 aromatic carbocycles. The van der Waals surface area contributed by atoms with E-state index in [2.05, 4.69) is 15.6 Å². The summed E-state index contributed by atoms with van der Waals surface area (Å²) < 4.78 is 1.10. The van der Waals surface area contributed by atoms with Crippen LogP contribution in [0.5, 0.6) is 0 Å². The van der Waals surface area contributed by atoms with E-state index < -0.39 is 0 Å². The largest absolute Gasteiger partial charge is 0.360 e. The zero-order valence-electron chi connectivity index (χ0n) is 14.4. The van der Waals surface area contributed by atoms with Gasteiger partial charge < -0.3 is 20.5 Å². The molecule has 26 heavy (non-hydrogen) atoms. The van der Waals surface area contributed by atoms with Crippen molar-refractivity contribution in [2.24, 2.45) is 11.8 Å². The second-order valence-corrected chi connectivity index (χ2v) is 8.14. The van der Waals surface area contributed by atoms with Gasteiger partial charge in [-0.15, -0.1) is 11.3 Å². The number of carbonyl (C=O) groups excluding carboxylic acids is 3. The van der Waals surface area contributed by atoms with Crippen LogP contribution < -0.4 is 10.6 Å². The zero-order valence-corrected chi connectivity index (χ0v) is 15.2. The molecule has 2 fully saturated rings. The maximum absolute atomic E-state index is 12.7. The van der Waals surface area contributed by atoms with Crippen LogP contribution in [0.4, 0.5) is 0 Å². The Hall–Kier alpha value is -2.35. The third-order valence-electron chi connectivity index (χ3n) is 5.26. The molecule has 3 amide bonds. The van der Waals surface area contributed by atoms with Crippen molar-refractivity contribution in [3.05, 3.63) is 23.2 Å². The Balaban J connectivity index is 1.24. The summed E-state index contributed by atoms with van der Waals surface area (Å²) in [5, 5.41) is 5.65. The zero-order chi connectivity index (χ0) is 18.1. The molecule has 0 bridgehead atoms. The van der Waals surface area contributed by atoms with E-state index in [1.807, 2.05) is 23.2 Å². The predicted molar refractivity (Wildman–Crippen MR) is 98.9 cm³/mol. The smallest absolute Gasteiger partial charge is 0.264 e. The molecule has 0 spiro atoms. The number of rotatable bonds is 4. The van der Waals surface area contributed by atoms with Gasteiger partial charge in [0.05, 0.1) is 21.0 Å². The van der Waals surface area contributed by atoms with Crippen LogP contribution in [0.1, 0.15) is 28.9 Å². The van der Waals surface area contributed by atoms with Crippen molar-refractivity contribution in [1.29, 1.82) is 0 Å². The number of nitrogens with zero attached hydrogens (tertiary/aromatic N) is 1. The van der Waals surface area contributed by atoms with Crippen LogP contribution in [0, 0.1) is 11.8 Å². The van der Waals surface area contributed by atoms with Crippen molar-refractivity contribution in [3.63, 3.8) is 0 Å². The number of fused-ring (bicyclic) bond motifs is 1. The van der Waals surface area contributed by atoms with E-state index in [9.17, 15) is 14.4 Å². The second kappa shape index (κ2) is 7.11. The molecule has 2 aromatic heterocycles. The molecular formula is C18H22N4O3S.